The highest BCUT2D eigenvalue weighted by molar-refractivity contribution is 5.70. The van der Waals surface area contributed by atoms with E-state index in [9.17, 15) is 4.79 Å². The standard InChI is InChI=1S/C15H22O3/c1-6-18-14-10(2)7-11(9-13(16)17)8-12(14)15(3,4)5/h7-8H,6,9H2,1-5H3,(H,16,17). The van der Waals surface area contributed by atoms with Crippen LogP contribution in [0.1, 0.15) is 44.4 Å². The van der Waals surface area contributed by atoms with Crippen LogP contribution in [0.15, 0.2) is 12.1 Å². The van der Waals surface area contributed by atoms with Crippen molar-refractivity contribution < 1.29 is 14.6 Å². The lowest BCUT2D eigenvalue weighted by Gasteiger charge is -2.25. The number of ether oxygens (including phenoxy) is 1. The largest absolute Gasteiger partial charge is 0.493 e. The summed E-state index contributed by atoms with van der Waals surface area (Å²) in [6, 6.07) is 3.85. The summed E-state index contributed by atoms with van der Waals surface area (Å²) in [5, 5.41) is 8.89. The van der Waals surface area contributed by atoms with E-state index in [1.165, 1.54) is 0 Å². The normalized spacial score (nSPS) is 11.4. The van der Waals surface area contributed by atoms with Crippen molar-refractivity contribution >= 4 is 5.97 Å². The van der Waals surface area contributed by atoms with E-state index >= 15 is 0 Å². The van der Waals surface area contributed by atoms with E-state index in [0.29, 0.717) is 6.61 Å². The maximum atomic E-state index is 10.8. The Balaban J connectivity index is 3.32. The third kappa shape index (κ3) is 3.49. The van der Waals surface area contributed by atoms with Crippen molar-refractivity contribution in [2.24, 2.45) is 0 Å². The first-order valence-corrected chi connectivity index (χ1v) is 6.24. The number of benzene rings is 1. The zero-order valence-corrected chi connectivity index (χ0v) is 11.8. The molecule has 3 heteroatoms. The van der Waals surface area contributed by atoms with Gasteiger partial charge < -0.3 is 9.84 Å². The van der Waals surface area contributed by atoms with Gasteiger partial charge in [0.2, 0.25) is 0 Å². The Morgan fingerprint density at radius 2 is 1.94 bits per heavy atom. The minimum absolute atomic E-state index is 0.0519. The van der Waals surface area contributed by atoms with Crippen LogP contribution in [0, 0.1) is 6.92 Å². The van der Waals surface area contributed by atoms with E-state index < -0.39 is 5.97 Å². The van der Waals surface area contributed by atoms with Crippen LogP contribution in [0.2, 0.25) is 0 Å². The van der Waals surface area contributed by atoms with Crippen molar-refractivity contribution in [1.82, 2.24) is 0 Å². The van der Waals surface area contributed by atoms with E-state index in [0.717, 1.165) is 22.4 Å². The van der Waals surface area contributed by atoms with Gasteiger partial charge in [-0.1, -0.05) is 32.9 Å². The molecule has 0 radical (unpaired) electrons. The molecule has 18 heavy (non-hydrogen) atoms. The summed E-state index contributed by atoms with van der Waals surface area (Å²) in [5.41, 5.74) is 2.83. The van der Waals surface area contributed by atoms with Gasteiger partial charge in [0.15, 0.2) is 0 Å². The number of carboxylic acid groups (broad SMARTS) is 1. The van der Waals surface area contributed by atoms with Crippen molar-refractivity contribution in [1.29, 1.82) is 0 Å². The first-order valence-electron chi connectivity index (χ1n) is 6.24. The van der Waals surface area contributed by atoms with E-state index in [4.69, 9.17) is 9.84 Å². The fourth-order valence-corrected chi connectivity index (χ4v) is 2.02. The second-order valence-electron chi connectivity index (χ2n) is 5.54. The molecule has 0 aliphatic rings. The second-order valence-corrected chi connectivity index (χ2v) is 5.54. The molecule has 0 heterocycles. The molecule has 0 atom stereocenters. The molecule has 100 valence electrons. The highest BCUT2D eigenvalue weighted by atomic mass is 16.5. The van der Waals surface area contributed by atoms with Crippen LogP contribution in [0.4, 0.5) is 0 Å². The van der Waals surface area contributed by atoms with Crippen molar-refractivity contribution in [3.05, 3.63) is 28.8 Å². The molecule has 1 aromatic carbocycles. The zero-order valence-electron chi connectivity index (χ0n) is 11.8. The van der Waals surface area contributed by atoms with Crippen molar-refractivity contribution in [3.8, 4) is 5.75 Å². The van der Waals surface area contributed by atoms with Crippen molar-refractivity contribution in [2.75, 3.05) is 6.61 Å². The van der Waals surface area contributed by atoms with Crippen LogP contribution < -0.4 is 4.74 Å². The van der Waals surface area contributed by atoms with Crippen LogP contribution in [-0.2, 0) is 16.6 Å². The van der Waals surface area contributed by atoms with Gasteiger partial charge in [0.1, 0.15) is 5.75 Å². The van der Waals surface area contributed by atoms with E-state index in [2.05, 4.69) is 20.8 Å². The fourth-order valence-electron chi connectivity index (χ4n) is 2.02. The molecule has 0 unspecified atom stereocenters. The molecule has 0 saturated heterocycles. The van der Waals surface area contributed by atoms with Gasteiger partial charge in [-0.3, -0.25) is 4.79 Å². The van der Waals surface area contributed by atoms with Crippen LogP contribution in [0.5, 0.6) is 5.75 Å². The third-order valence-electron chi connectivity index (χ3n) is 2.79. The lowest BCUT2D eigenvalue weighted by atomic mass is 9.84. The minimum Gasteiger partial charge on any atom is -0.493 e. The summed E-state index contributed by atoms with van der Waals surface area (Å²) in [6.45, 7) is 10.9. The van der Waals surface area contributed by atoms with E-state index in [1.54, 1.807) is 0 Å². The first-order chi connectivity index (χ1) is 8.25. The molecular formula is C15H22O3. The fraction of sp³-hybridized carbons (Fsp3) is 0.533. The number of carboxylic acids is 1. The molecule has 0 bridgehead atoms. The Kier molecular flexibility index (Phi) is 4.38. The molecule has 0 aliphatic carbocycles. The van der Waals surface area contributed by atoms with Gasteiger partial charge in [-0.25, -0.2) is 0 Å². The van der Waals surface area contributed by atoms with Crippen molar-refractivity contribution in [2.45, 2.75) is 46.5 Å². The second kappa shape index (κ2) is 5.42. The predicted octanol–water partition coefficient (Wildman–Crippen LogP) is 3.32. The van der Waals surface area contributed by atoms with Crippen LogP contribution in [0.3, 0.4) is 0 Å². The lowest BCUT2D eigenvalue weighted by Crippen LogP contribution is -2.15. The van der Waals surface area contributed by atoms with Crippen LogP contribution >= 0.6 is 0 Å². The molecule has 0 saturated carbocycles. The summed E-state index contributed by atoms with van der Waals surface area (Å²) in [6.07, 6.45) is 0.0519. The Morgan fingerprint density at radius 1 is 1.33 bits per heavy atom. The number of carbonyl (C=O) groups is 1. The smallest absolute Gasteiger partial charge is 0.307 e. The first kappa shape index (κ1) is 14.6. The molecule has 0 fully saturated rings. The van der Waals surface area contributed by atoms with Gasteiger partial charge in [0.05, 0.1) is 13.0 Å². The van der Waals surface area contributed by atoms with Gasteiger partial charge in [0, 0.05) is 5.56 Å². The summed E-state index contributed by atoms with van der Waals surface area (Å²) < 4.78 is 5.71. The molecule has 1 N–H and O–H groups in total. The maximum absolute atomic E-state index is 10.8. The molecule has 0 aromatic heterocycles. The summed E-state index contributed by atoms with van der Waals surface area (Å²) in [7, 11) is 0. The summed E-state index contributed by atoms with van der Waals surface area (Å²) in [4.78, 5) is 10.8. The van der Waals surface area contributed by atoms with Crippen molar-refractivity contribution in [3.63, 3.8) is 0 Å². The van der Waals surface area contributed by atoms with E-state index in [-0.39, 0.29) is 11.8 Å². The summed E-state index contributed by atoms with van der Waals surface area (Å²) >= 11 is 0. The summed E-state index contributed by atoms with van der Waals surface area (Å²) in [5.74, 6) is 0.0811. The molecule has 0 spiro atoms. The van der Waals surface area contributed by atoms with Gasteiger partial charge in [-0.15, -0.1) is 0 Å². The Bertz CT molecular complexity index is 442. The number of aliphatic carboxylic acids is 1. The Morgan fingerprint density at radius 3 is 2.39 bits per heavy atom. The predicted molar refractivity (Wildman–Crippen MR) is 72.4 cm³/mol. The number of aryl methyl sites for hydroxylation is 1. The molecule has 0 aliphatic heterocycles. The van der Waals surface area contributed by atoms with E-state index in [1.807, 2.05) is 26.0 Å². The number of rotatable bonds is 4. The lowest BCUT2D eigenvalue weighted by molar-refractivity contribution is -0.136. The Labute approximate surface area is 109 Å². The van der Waals surface area contributed by atoms with Gasteiger partial charge in [0.25, 0.3) is 0 Å². The number of hydrogen-bond donors (Lipinski definition) is 1. The minimum atomic E-state index is -0.807. The monoisotopic (exact) mass is 250 g/mol. The topological polar surface area (TPSA) is 46.5 Å². The average Bonchev–Trinajstić information content (AvgIpc) is 2.19. The zero-order chi connectivity index (χ0) is 13.9. The molecule has 1 aromatic rings. The van der Waals surface area contributed by atoms with Crippen LogP contribution in [0.25, 0.3) is 0 Å². The molecule has 3 nitrogen and oxygen atoms in total. The molecule has 1 rings (SSSR count). The highest BCUT2D eigenvalue weighted by Gasteiger charge is 2.21. The molecule has 0 amide bonds. The molecular weight excluding hydrogens is 228 g/mol. The van der Waals surface area contributed by atoms with Crippen LogP contribution in [-0.4, -0.2) is 17.7 Å². The van der Waals surface area contributed by atoms with Gasteiger partial charge in [-0.05, 0) is 30.4 Å². The quantitative estimate of drug-likeness (QED) is 0.891. The SMILES string of the molecule is CCOc1c(C)cc(CC(=O)O)cc1C(C)(C)C. The van der Waals surface area contributed by atoms with Gasteiger partial charge >= 0.3 is 5.97 Å². The Hall–Kier alpha value is -1.51. The third-order valence-corrected chi connectivity index (χ3v) is 2.79. The number of hydrogen-bond acceptors (Lipinski definition) is 2. The van der Waals surface area contributed by atoms with Gasteiger partial charge in [-0.2, -0.15) is 0 Å². The maximum Gasteiger partial charge on any atom is 0.307 e. The average molecular weight is 250 g/mol. The highest BCUT2D eigenvalue weighted by Crippen LogP contribution is 2.35.